The highest BCUT2D eigenvalue weighted by Gasteiger charge is 2.29. The lowest BCUT2D eigenvalue weighted by Crippen LogP contribution is -2.32. The first-order valence-electron chi connectivity index (χ1n) is 9.83. The van der Waals surface area contributed by atoms with E-state index < -0.39 is 42.0 Å². The normalized spacial score (nSPS) is 13.2. The zero-order valence-electron chi connectivity index (χ0n) is 16.6. The fourth-order valence-corrected chi connectivity index (χ4v) is 3.99. The summed E-state index contributed by atoms with van der Waals surface area (Å²) in [6.45, 7) is -0.0220. The van der Waals surface area contributed by atoms with Crippen molar-refractivity contribution in [1.82, 2.24) is 5.32 Å². The Morgan fingerprint density at radius 1 is 0.938 bits per heavy atom. The number of fused-ring (bicyclic) bond motifs is 3. The predicted octanol–water partition coefficient (Wildman–Crippen LogP) is 5.16. The minimum absolute atomic E-state index is 0.0220. The summed E-state index contributed by atoms with van der Waals surface area (Å²) in [4.78, 5) is 23.6. The molecule has 5 nitrogen and oxygen atoms in total. The summed E-state index contributed by atoms with van der Waals surface area (Å²) in [7, 11) is 0. The van der Waals surface area contributed by atoms with E-state index in [2.05, 4.69) is 5.32 Å². The van der Waals surface area contributed by atoms with Gasteiger partial charge in [-0.1, -0.05) is 48.5 Å². The van der Waals surface area contributed by atoms with E-state index in [1.54, 1.807) is 0 Å². The Balaban J connectivity index is 1.50. The molecule has 3 aromatic rings. The molecule has 8 heteroatoms. The first-order chi connectivity index (χ1) is 15.3. The number of rotatable bonds is 6. The summed E-state index contributed by atoms with van der Waals surface area (Å²) in [5.74, 6) is -6.18. The van der Waals surface area contributed by atoms with Crippen molar-refractivity contribution in [2.75, 3.05) is 6.61 Å². The van der Waals surface area contributed by atoms with Gasteiger partial charge in [0.2, 0.25) is 0 Å². The number of hydrogen-bond donors (Lipinski definition) is 2. The molecule has 2 N–H and O–H groups in total. The Morgan fingerprint density at radius 2 is 1.47 bits per heavy atom. The second-order valence-electron chi connectivity index (χ2n) is 7.42. The fraction of sp³-hybridized carbons (Fsp3) is 0.167. The lowest BCUT2D eigenvalue weighted by molar-refractivity contribution is -0.137. The van der Waals surface area contributed by atoms with Crippen molar-refractivity contribution >= 4 is 12.1 Å². The molecule has 0 unspecified atom stereocenters. The molecule has 1 amide bonds. The van der Waals surface area contributed by atoms with Crippen molar-refractivity contribution in [2.45, 2.75) is 18.4 Å². The average molecular weight is 441 g/mol. The van der Waals surface area contributed by atoms with Gasteiger partial charge < -0.3 is 15.2 Å². The topological polar surface area (TPSA) is 75.6 Å². The smallest absolute Gasteiger partial charge is 0.407 e. The number of ether oxygens (including phenoxy) is 1. The maximum absolute atomic E-state index is 13.6. The van der Waals surface area contributed by atoms with Crippen LogP contribution in [0.2, 0.25) is 0 Å². The highest BCUT2D eigenvalue weighted by molar-refractivity contribution is 5.79. The maximum Gasteiger partial charge on any atom is 0.407 e. The highest BCUT2D eigenvalue weighted by Crippen LogP contribution is 2.44. The molecule has 0 radical (unpaired) electrons. The Labute approximate surface area is 181 Å². The summed E-state index contributed by atoms with van der Waals surface area (Å²) in [6, 6.07) is 15.4. The van der Waals surface area contributed by atoms with Gasteiger partial charge in [0, 0.05) is 5.92 Å². The third kappa shape index (κ3) is 4.16. The van der Waals surface area contributed by atoms with Crippen LogP contribution in [0, 0.1) is 17.5 Å². The molecule has 0 heterocycles. The predicted molar refractivity (Wildman–Crippen MR) is 110 cm³/mol. The number of halogens is 3. The summed E-state index contributed by atoms with van der Waals surface area (Å²) in [5, 5.41) is 11.4. The Hall–Kier alpha value is -3.81. The van der Waals surface area contributed by atoms with E-state index in [0.717, 1.165) is 22.3 Å². The van der Waals surface area contributed by atoms with E-state index in [1.165, 1.54) is 0 Å². The maximum atomic E-state index is 13.6. The molecular formula is C24H18F3NO4. The van der Waals surface area contributed by atoms with Gasteiger partial charge in [-0.2, -0.15) is 0 Å². The van der Waals surface area contributed by atoms with Crippen LogP contribution < -0.4 is 5.32 Å². The third-order valence-electron chi connectivity index (χ3n) is 5.42. The number of aliphatic carboxylic acids is 1. The number of nitrogens with one attached hydrogen (secondary N) is 1. The SMILES string of the molecule is O=C(O)C[C@@H](NC(=O)OCC1c2ccccc2-c2ccccc21)c1cc(F)c(F)c(F)c1. The monoisotopic (exact) mass is 441 g/mol. The van der Waals surface area contributed by atoms with Gasteiger partial charge in [0.15, 0.2) is 17.5 Å². The molecule has 1 aliphatic rings. The highest BCUT2D eigenvalue weighted by atomic mass is 19.2. The van der Waals surface area contributed by atoms with Crippen molar-refractivity contribution in [3.63, 3.8) is 0 Å². The van der Waals surface area contributed by atoms with Gasteiger partial charge in [-0.05, 0) is 39.9 Å². The van der Waals surface area contributed by atoms with Gasteiger partial charge in [0.1, 0.15) is 6.61 Å². The molecule has 0 fully saturated rings. The van der Waals surface area contributed by atoms with Gasteiger partial charge in [0.05, 0.1) is 12.5 Å². The third-order valence-corrected chi connectivity index (χ3v) is 5.42. The van der Waals surface area contributed by atoms with Gasteiger partial charge in [-0.25, -0.2) is 18.0 Å². The number of alkyl carbamates (subject to hydrolysis) is 1. The van der Waals surface area contributed by atoms with Crippen molar-refractivity contribution in [3.05, 3.63) is 94.8 Å². The first kappa shape index (κ1) is 21.4. The van der Waals surface area contributed by atoms with Gasteiger partial charge >= 0.3 is 12.1 Å². The molecule has 1 atom stereocenters. The molecule has 0 spiro atoms. The van der Waals surface area contributed by atoms with Crippen LogP contribution in [0.25, 0.3) is 11.1 Å². The van der Waals surface area contributed by atoms with Crippen molar-refractivity contribution in [1.29, 1.82) is 0 Å². The Kier molecular flexibility index (Phi) is 5.85. The van der Waals surface area contributed by atoms with Crippen molar-refractivity contribution in [3.8, 4) is 11.1 Å². The number of carbonyl (C=O) groups excluding carboxylic acids is 1. The molecule has 32 heavy (non-hydrogen) atoms. The number of carboxylic acid groups (broad SMARTS) is 1. The summed E-state index contributed by atoms with van der Waals surface area (Å²) in [5.41, 5.74) is 3.84. The molecule has 0 saturated heterocycles. The number of carboxylic acids is 1. The number of benzene rings is 3. The molecule has 3 aromatic carbocycles. The van der Waals surface area contributed by atoms with Gasteiger partial charge in [0.25, 0.3) is 0 Å². The van der Waals surface area contributed by atoms with Crippen LogP contribution in [0.1, 0.15) is 35.1 Å². The number of hydrogen-bond acceptors (Lipinski definition) is 3. The summed E-state index contributed by atoms with van der Waals surface area (Å²) in [6.07, 6.45) is -1.63. The van der Waals surface area contributed by atoms with E-state index in [9.17, 15) is 22.8 Å². The van der Waals surface area contributed by atoms with Crippen LogP contribution in [0.3, 0.4) is 0 Å². The van der Waals surface area contributed by atoms with E-state index in [4.69, 9.17) is 9.84 Å². The Bertz CT molecular complexity index is 1130. The minimum atomic E-state index is -1.68. The van der Waals surface area contributed by atoms with Crippen LogP contribution in [0.4, 0.5) is 18.0 Å². The summed E-state index contributed by atoms with van der Waals surface area (Å²) < 4.78 is 45.8. The molecule has 164 valence electrons. The number of carbonyl (C=O) groups is 2. The number of amides is 1. The van der Waals surface area contributed by atoms with Crippen LogP contribution in [0.15, 0.2) is 60.7 Å². The van der Waals surface area contributed by atoms with Crippen LogP contribution in [0.5, 0.6) is 0 Å². The molecule has 0 bridgehead atoms. The average Bonchev–Trinajstić information content (AvgIpc) is 3.09. The van der Waals surface area contributed by atoms with E-state index >= 15 is 0 Å². The lowest BCUT2D eigenvalue weighted by atomic mass is 9.98. The van der Waals surface area contributed by atoms with Gasteiger partial charge in [-0.3, -0.25) is 4.79 Å². The van der Waals surface area contributed by atoms with E-state index in [0.29, 0.717) is 12.1 Å². The lowest BCUT2D eigenvalue weighted by Gasteiger charge is -2.19. The fourth-order valence-electron chi connectivity index (χ4n) is 3.99. The molecular weight excluding hydrogens is 423 g/mol. The van der Waals surface area contributed by atoms with E-state index in [-0.39, 0.29) is 18.1 Å². The Morgan fingerprint density at radius 3 is 2.00 bits per heavy atom. The molecule has 1 aliphatic carbocycles. The van der Waals surface area contributed by atoms with Gasteiger partial charge in [-0.15, -0.1) is 0 Å². The summed E-state index contributed by atoms with van der Waals surface area (Å²) >= 11 is 0. The van der Waals surface area contributed by atoms with Crippen LogP contribution in [-0.4, -0.2) is 23.8 Å². The second-order valence-corrected chi connectivity index (χ2v) is 7.42. The molecule has 0 aliphatic heterocycles. The molecule has 4 rings (SSSR count). The molecule has 0 saturated carbocycles. The van der Waals surface area contributed by atoms with Crippen molar-refractivity contribution < 1.29 is 32.6 Å². The van der Waals surface area contributed by atoms with E-state index in [1.807, 2.05) is 48.5 Å². The zero-order chi connectivity index (χ0) is 22.8. The van der Waals surface area contributed by atoms with Crippen LogP contribution >= 0.6 is 0 Å². The standard InChI is InChI=1S/C24H18F3NO4/c25-19-9-13(10-20(26)23(19)27)21(11-22(29)30)28-24(31)32-12-18-16-7-3-1-5-14(16)15-6-2-4-8-17(15)18/h1-10,18,21H,11-12H2,(H,28,31)(H,29,30)/t21-/m1/s1. The molecule has 0 aromatic heterocycles. The zero-order valence-corrected chi connectivity index (χ0v) is 16.6. The quantitative estimate of drug-likeness (QED) is 0.519. The minimum Gasteiger partial charge on any atom is -0.481 e. The van der Waals surface area contributed by atoms with Crippen molar-refractivity contribution in [2.24, 2.45) is 0 Å². The largest absolute Gasteiger partial charge is 0.481 e. The second kappa shape index (κ2) is 8.74. The van der Waals surface area contributed by atoms with Crippen LogP contribution in [-0.2, 0) is 9.53 Å². The first-order valence-corrected chi connectivity index (χ1v) is 9.83.